The van der Waals surface area contributed by atoms with Gasteiger partial charge in [-0.05, 0) is 61.9 Å². The van der Waals surface area contributed by atoms with Crippen LogP contribution in [0.5, 0.6) is 0 Å². The van der Waals surface area contributed by atoms with Crippen LogP contribution in [0.3, 0.4) is 0 Å². The van der Waals surface area contributed by atoms with Crippen molar-refractivity contribution in [3.8, 4) is 11.3 Å². The molecule has 2 aliphatic rings. The number of aromatic nitrogens is 3. The number of anilines is 1. The van der Waals surface area contributed by atoms with Gasteiger partial charge in [0.1, 0.15) is 11.8 Å². The first-order valence-corrected chi connectivity index (χ1v) is 11.3. The normalized spacial score (nSPS) is 18.7. The van der Waals surface area contributed by atoms with Crippen molar-refractivity contribution in [2.24, 2.45) is 10.8 Å². The van der Waals surface area contributed by atoms with Crippen molar-refractivity contribution in [1.82, 2.24) is 20.3 Å². The highest BCUT2D eigenvalue weighted by molar-refractivity contribution is 5.79. The van der Waals surface area contributed by atoms with Crippen LogP contribution >= 0.6 is 0 Å². The summed E-state index contributed by atoms with van der Waals surface area (Å²) in [6.45, 7) is 8.45. The number of piperidine rings is 1. The van der Waals surface area contributed by atoms with Gasteiger partial charge in [0.05, 0.1) is 11.9 Å². The summed E-state index contributed by atoms with van der Waals surface area (Å²) >= 11 is 0. The summed E-state index contributed by atoms with van der Waals surface area (Å²) in [5.41, 5.74) is 5.93. The Kier molecular flexibility index (Phi) is 5.05. The van der Waals surface area contributed by atoms with Crippen LogP contribution in [-0.2, 0) is 11.2 Å². The molecule has 6 heteroatoms. The van der Waals surface area contributed by atoms with Crippen LogP contribution in [0, 0.1) is 10.8 Å². The number of nitrogens with zero attached hydrogens (tertiary/aromatic N) is 3. The zero-order valence-electron chi connectivity index (χ0n) is 18.4. The standard InChI is InChI=1S/C25H31N5O/c1-24(2,17-31)13-19-14-27-23-22(19)29-21(15-28-23)18-4-3-5-20(12-18)30-11-8-25(16-30)6-9-26-10-7-25/h3-5,12,14-15,17,26H,6-11,13,16H2,1-2H3,(H,27,28). The average molecular weight is 418 g/mol. The van der Waals surface area contributed by atoms with Gasteiger partial charge >= 0.3 is 0 Å². The van der Waals surface area contributed by atoms with Gasteiger partial charge in [0.15, 0.2) is 5.65 Å². The van der Waals surface area contributed by atoms with E-state index in [0.29, 0.717) is 11.8 Å². The van der Waals surface area contributed by atoms with Gasteiger partial charge in [0.25, 0.3) is 0 Å². The van der Waals surface area contributed by atoms with E-state index in [4.69, 9.17) is 4.98 Å². The third-order valence-corrected chi connectivity index (χ3v) is 7.03. The predicted molar refractivity (Wildman–Crippen MR) is 124 cm³/mol. The monoisotopic (exact) mass is 417 g/mol. The number of benzene rings is 1. The zero-order valence-corrected chi connectivity index (χ0v) is 18.4. The van der Waals surface area contributed by atoms with Crippen LogP contribution in [0.2, 0.25) is 0 Å². The number of aldehydes is 1. The van der Waals surface area contributed by atoms with Crippen molar-refractivity contribution in [3.05, 3.63) is 42.2 Å². The summed E-state index contributed by atoms with van der Waals surface area (Å²) in [7, 11) is 0. The summed E-state index contributed by atoms with van der Waals surface area (Å²) in [5.74, 6) is 0. The van der Waals surface area contributed by atoms with E-state index >= 15 is 0 Å². The van der Waals surface area contributed by atoms with Gasteiger partial charge in [0.2, 0.25) is 0 Å². The summed E-state index contributed by atoms with van der Waals surface area (Å²) in [4.78, 5) is 26.7. The molecule has 0 amide bonds. The Balaban J connectivity index is 1.42. The van der Waals surface area contributed by atoms with Crippen LogP contribution in [0.4, 0.5) is 5.69 Å². The number of H-pyrrole nitrogens is 1. The van der Waals surface area contributed by atoms with E-state index in [1.165, 1.54) is 24.9 Å². The molecule has 1 aromatic carbocycles. The van der Waals surface area contributed by atoms with Crippen molar-refractivity contribution >= 4 is 23.1 Å². The number of rotatable bonds is 5. The fraction of sp³-hybridized carbons (Fsp3) is 0.480. The maximum Gasteiger partial charge on any atom is 0.156 e. The van der Waals surface area contributed by atoms with E-state index in [1.54, 1.807) is 0 Å². The molecule has 2 fully saturated rings. The summed E-state index contributed by atoms with van der Waals surface area (Å²) in [5, 5.41) is 3.50. The highest BCUT2D eigenvalue weighted by Gasteiger charge is 2.38. The van der Waals surface area contributed by atoms with Gasteiger partial charge in [-0.3, -0.25) is 0 Å². The average Bonchev–Trinajstić information content (AvgIpc) is 3.38. The molecule has 2 aromatic heterocycles. The molecular weight excluding hydrogens is 386 g/mol. The highest BCUT2D eigenvalue weighted by Crippen LogP contribution is 2.41. The van der Waals surface area contributed by atoms with Crippen molar-refractivity contribution in [2.75, 3.05) is 31.1 Å². The molecule has 6 nitrogen and oxygen atoms in total. The van der Waals surface area contributed by atoms with Gasteiger partial charge in [-0.15, -0.1) is 0 Å². The van der Waals surface area contributed by atoms with Gasteiger partial charge < -0.3 is 20.0 Å². The molecule has 0 bridgehead atoms. The molecule has 162 valence electrons. The van der Waals surface area contributed by atoms with Crippen LogP contribution in [0.25, 0.3) is 22.4 Å². The van der Waals surface area contributed by atoms with Crippen molar-refractivity contribution < 1.29 is 4.79 Å². The smallest absolute Gasteiger partial charge is 0.156 e. The molecule has 0 saturated carbocycles. The second-order valence-corrected chi connectivity index (χ2v) is 10.0. The minimum atomic E-state index is -0.424. The minimum absolute atomic E-state index is 0.424. The maximum absolute atomic E-state index is 11.4. The largest absolute Gasteiger partial charge is 0.371 e. The van der Waals surface area contributed by atoms with E-state index < -0.39 is 5.41 Å². The van der Waals surface area contributed by atoms with Gasteiger partial charge in [-0.2, -0.15) is 0 Å². The number of nitrogens with one attached hydrogen (secondary N) is 2. The number of hydrogen-bond donors (Lipinski definition) is 2. The van der Waals surface area contributed by atoms with Crippen molar-refractivity contribution in [2.45, 2.75) is 39.5 Å². The molecular formula is C25H31N5O. The fourth-order valence-corrected chi connectivity index (χ4v) is 5.13. The lowest BCUT2D eigenvalue weighted by Crippen LogP contribution is -2.38. The van der Waals surface area contributed by atoms with Crippen LogP contribution in [0.1, 0.15) is 38.7 Å². The molecule has 0 radical (unpaired) electrons. The number of fused-ring (bicyclic) bond motifs is 1. The quantitative estimate of drug-likeness (QED) is 0.615. The highest BCUT2D eigenvalue weighted by atomic mass is 16.1. The third-order valence-electron chi connectivity index (χ3n) is 7.03. The minimum Gasteiger partial charge on any atom is -0.371 e. The Bertz CT molecular complexity index is 1100. The Morgan fingerprint density at radius 3 is 2.87 bits per heavy atom. The first-order chi connectivity index (χ1) is 15.0. The summed E-state index contributed by atoms with van der Waals surface area (Å²) < 4.78 is 0. The first kappa shape index (κ1) is 20.2. The second kappa shape index (κ2) is 7.75. The summed E-state index contributed by atoms with van der Waals surface area (Å²) in [6.07, 6.45) is 9.25. The number of hydrogen-bond acceptors (Lipinski definition) is 5. The molecule has 0 atom stereocenters. The van der Waals surface area contributed by atoms with Gasteiger partial charge in [-0.1, -0.05) is 26.0 Å². The van der Waals surface area contributed by atoms with Crippen LogP contribution in [0.15, 0.2) is 36.7 Å². The van der Waals surface area contributed by atoms with Crippen LogP contribution in [-0.4, -0.2) is 47.4 Å². The van der Waals surface area contributed by atoms with Gasteiger partial charge in [0, 0.05) is 36.0 Å². The van der Waals surface area contributed by atoms with Crippen molar-refractivity contribution in [1.29, 1.82) is 0 Å². The Labute approximate surface area is 183 Å². The molecule has 1 spiro atoms. The lowest BCUT2D eigenvalue weighted by atomic mass is 9.78. The summed E-state index contributed by atoms with van der Waals surface area (Å²) in [6, 6.07) is 8.69. The Hall–Kier alpha value is -2.73. The fourth-order valence-electron chi connectivity index (χ4n) is 5.13. The topological polar surface area (TPSA) is 73.9 Å². The number of carbonyl (C=O) groups excluding carboxylic acids is 1. The lowest BCUT2D eigenvalue weighted by molar-refractivity contribution is -0.114. The molecule has 31 heavy (non-hydrogen) atoms. The third kappa shape index (κ3) is 3.97. The molecule has 2 aliphatic heterocycles. The molecule has 0 aliphatic carbocycles. The first-order valence-electron chi connectivity index (χ1n) is 11.3. The molecule has 4 heterocycles. The zero-order chi connectivity index (χ0) is 21.5. The SMILES string of the molecule is CC(C)(C=O)Cc1c[nH]c2ncc(-c3cccc(N4CCC5(CCNCC5)C4)c3)nc12. The maximum atomic E-state index is 11.4. The Morgan fingerprint density at radius 1 is 1.23 bits per heavy atom. The van der Waals surface area contributed by atoms with E-state index in [0.717, 1.165) is 60.4 Å². The van der Waals surface area contributed by atoms with Gasteiger partial charge in [-0.25, -0.2) is 9.97 Å². The van der Waals surface area contributed by atoms with Crippen molar-refractivity contribution in [3.63, 3.8) is 0 Å². The Morgan fingerprint density at radius 2 is 2.06 bits per heavy atom. The van der Waals surface area contributed by atoms with E-state index in [2.05, 4.69) is 44.5 Å². The van der Waals surface area contributed by atoms with E-state index in [-0.39, 0.29) is 0 Å². The van der Waals surface area contributed by atoms with Crippen LogP contribution < -0.4 is 10.2 Å². The lowest BCUT2D eigenvalue weighted by Gasteiger charge is -2.34. The molecule has 2 saturated heterocycles. The molecule has 5 rings (SSSR count). The van der Waals surface area contributed by atoms with E-state index in [9.17, 15) is 4.79 Å². The molecule has 3 aromatic rings. The second-order valence-electron chi connectivity index (χ2n) is 10.0. The van der Waals surface area contributed by atoms with E-state index in [1.807, 2.05) is 26.2 Å². The molecule has 2 N–H and O–H groups in total. The number of aromatic amines is 1. The predicted octanol–water partition coefficient (Wildman–Crippen LogP) is 3.97. The molecule has 0 unspecified atom stereocenters. The number of carbonyl (C=O) groups is 1.